The Morgan fingerprint density at radius 1 is 1.26 bits per heavy atom. The standard InChI is InChI=1S/C18H21NO4/c1-2-22-18(21)16-14(13-9-5-6-10-15(13)23-16)11-19-17(20)12-7-3-4-8-12/h5-6,9-10,12H,2-4,7-8,11H2,1H3,(H,19,20). The van der Waals surface area contributed by atoms with Gasteiger partial charge in [-0.1, -0.05) is 31.0 Å². The van der Waals surface area contributed by atoms with Crippen LogP contribution < -0.4 is 5.32 Å². The Kier molecular flexibility index (Phi) is 4.65. The lowest BCUT2D eigenvalue weighted by molar-refractivity contribution is -0.124. The number of hydrogen-bond donors (Lipinski definition) is 1. The molecule has 1 aromatic carbocycles. The highest BCUT2D eigenvalue weighted by molar-refractivity contribution is 5.96. The average Bonchev–Trinajstić information content (AvgIpc) is 3.20. The van der Waals surface area contributed by atoms with Crippen LogP contribution in [0.2, 0.25) is 0 Å². The maximum absolute atomic E-state index is 12.2. The molecule has 1 aliphatic carbocycles. The molecule has 0 spiro atoms. The number of benzene rings is 1. The van der Waals surface area contributed by atoms with Gasteiger partial charge in [0, 0.05) is 23.4 Å². The number of esters is 1. The second kappa shape index (κ2) is 6.86. The summed E-state index contributed by atoms with van der Waals surface area (Å²) in [6.07, 6.45) is 4.12. The molecule has 1 N–H and O–H groups in total. The molecular weight excluding hydrogens is 294 g/mol. The predicted octanol–water partition coefficient (Wildman–Crippen LogP) is 3.42. The summed E-state index contributed by atoms with van der Waals surface area (Å²) in [5.74, 6) is -0.157. The van der Waals surface area contributed by atoms with Crippen LogP contribution in [0.15, 0.2) is 28.7 Å². The largest absolute Gasteiger partial charge is 0.460 e. The molecule has 1 fully saturated rings. The van der Waals surface area contributed by atoms with Crippen LogP contribution in [0.25, 0.3) is 11.0 Å². The smallest absolute Gasteiger partial charge is 0.374 e. The van der Waals surface area contributed by atoms with E-state index >= 15 is 0 Å². The van der Waals surface area contributed by atoms with Crippen LogP contribution in [0.3, 0.4) is 0 Å². The molecule has 23 heavy (non-hydrogen) atoms. The lowest BCUT2D eigenvalue weighted by atomic mass is 10.1. The normalized spacial score (nSPS) is 15.0. The van der Waals surface area contributed by atoms with E-state index in [1.54, 1.807) is 13.0 Å². The first-order valence-electron chi connectivity index (χ1n) is 8.16. The minimum Gasteiger partial charge on any atom is -0.460 e. The number of fused-ring (bicyclic) bond motifs is 1. The molecule has 0 saturated heterocycles. The van der Waals surface area contributed by atoms with Crippen molar-refractivity contribution in [3.8, 4) is 0 Å². The second-order valence-electron chi connectivity index (χ2n) is 5.83. The SMILES string of the molecule is CCOC(=O)c1oc2ccccc2c1CNC(=O)C1CCCC1. The zero-order chi connectivity index (χ0) is 16.2. The minimum atomic E-state index is -0.492. The highest BCUT2D eigenvalue weighted by Gasteiger charge is 2.25. The van der Waals surface area contributed by atoms with Crippen LogP contribution in [0, 0.1) is 5.92 Å². The van der Waals surface area contributed by atoms with Crippen molar-refractivity contribution in [1.82, 2.24) is 5.32 Å². The van der Waals surface area contributed by atoms with Gasteiger partial charge in [0.2, 0.25) is 11.7 Å². The minimum absolute atomic E-state index is 0.0580. The monoisotopic (exact) mass is 315 g/mol. The van der Waals surface area contributed by atoms with E-state index in [-0.39, 0.29) is 30.7 Å². The number of nitrogens with one attached hydrogen (secondary N) is 1. The van der Waals surface area contributed by atoms with Gasteiger partial charge < -0.3 is 14.5 Å². The Balaban J connectivity index is 1.83. The molecule has 0 radical (unpaired) electrons. The van der Waals surface area contributed by atoms with Crippen molar-refractivity contribution in [1.29, 1.82) is 0 Å². The van der Waals surface area contributed by atoms with Gasteiger partial charge >= 0.3 is 5.97 Å². The van der Waals surface area contributed by atoms with E-state index in [9.17, 15) is 9.59 Å². The first-order valence-corrected chi connectivity index (χ1v) is 8.16. The molecule has 0 unspecified atom stereocenters. The first-order chi connectivity index (χ1) is 11.2. The topological polar surface area (TPSA) is 68.5 Å². The van der Waals surface area contributed by atoms with Crippen LogP contribution in [0.1, 0.15) is 48.7 Å². The lowest BCUT2D eigenvalue weighted by Crippen LogP contribution is -2.29. The number of furan rings is 1. The van der Waals surface area contributed by atoms with Crippen molar-refractivity contribution in [3.63, 3.8) is 0 Å². The van der Waals surface area contributed by atoms with Gasteiger partial charge in [-0.15, -0.1) is 0 Å². The molecule has 5 nitrogen and oxygen atoms in total. The molecule has 0 bridgehead atoms. The summed E-state index contributed by atoms with van der Waals surface area (Å²) in [4.78, 5) is 24.3. The maximum atomic E-state index is 12.2. The van der Waals surface area contributed by atoms with Crippen molar-refractivity contribution < 1.29 is 18.7 Å². The molecular formula is C18H21NO4. The summed E-state index contributed by atoms with van der Waals surface area (Å²) >= 11 is 0. The van der Waals surface area contributed by atoms with E-state index in [0.29, 0.717) is 11.1 Å². The van der Waals surface area contributed by atoms with Crippen molar-refractivity contribution in [2.45, 2.75) is 39.2 Å². The number of carbonyl (C=O) groups excluding carboxylic acids is 2. The highest BCUT2D eigenvalue weighted by Crippen LogP contribution is 2.28. The van der Waals surface area contributed by atoms with Crippen LogP contribution in [0.4, 0.5) is 0 Å². The first kappa shape index (κ1) is 15.6. The third kappa shape index (κ3) is 3.23. The summed E-state index contributed by atoms with van der Waals surface area (Å²) in [5.41, 5.74) is 1.31. The molecule has 1 heterocycles. The summed E-state index contributed by atoms with van der Waals surface area (Å²) in [6, 6.07) is 7.43. The van der Waals surface area contributed by atoms with E-state index in [2.05, 4.69) is 5.32 Å². The Bertz CT molecular complexity index is 713. The van der Waals surface area contributed by atoms with Crippen LogP contribution in [0.5, 0.6) is 0 Å². The van der Waals surface area contributed by atoms with Gasteiger partial charge in [0.15, 0.2) is 0 Å². The molecule has 5 heteroatoms. The van der Waals surface area contributed by atoms with E-state index in [1.807, 2.05) is 18.2 Å². The number of para-hydroxylation sites is 1. The molecule has 2 aromatic rings. The summed E-state index contributed by atoms with van der Waals surface area (Å²) < 4.78 is 10.7. The number of hydrogen-bond acceptors (Lipinski definition) is 4. The van der Waals surface area contributed by atoms with Crippen molar-refractivity contribution in [2.75, 3.05) is 6.61 Å². The molecule has 1 saturated carbocycles. The number of ether oxygens (including phenoxy) is 1. The Morgan fingerprint density at radius 3 is 2.74 bits per heavy atom. The van der Waals surface area contributed by atoms with Gasteiger partial charge in [0.1, 0.15) is 5.58 Å². The highest BCUT2D eigenvalue weighted by atomic mass is 16.5. The number of rotatable bonds is 5. The van der Waals surface area contributed by atoms with Crippen LogP contribution in [-0.2, 0) is 16.1 Å². The van der Waals surface area contributed by atoms with Gasteiger partial charge in [-0.2, -0.15) is 0 Å². The summed E-state index contributed by atoms with van der Waals surface area (Å²) in [7, 11) is 0. The van der Waals surface area contributed by atoms with Gasteiger partial charge in [-0.3, -0.25) is 4.79 Å². The number of carbonyl (C=O) groups is 2. The van der Waals surface area contributed by atoms with Gasteiger partial charge in [0.25, 0.3) is 0 Å². The Labute approximate surface area is 135 Å². The Morgan fingerprint density at radius 2 is 2.00 bits per heavy atom. The fourth-order valence-electron chi connectivity index (χ4n) is 3.14. The lowest BCUT2D eigenvalue weighted by Gasteiger charge is -2.10. The second-order valence-corrected chi connectivity index (χ2v) is 5.83. The van der Waals surface area contributed by atoms with E-state index in [1.165, 1.54) is 0 Å². The fraction of sp³-hybridized carbons (Fsp3) is 0.444. The van der Waals surface area contributed by atoms with Crippen molar-refractivity contribution in [2.24, 2.45) is 5.92 Å². The molecule has 0 atom stereocenters. The maximum Gasteiger partial charge on any atom is 0.374 e. The quantitative estimate of drug-likeness (QED) is 0.858. The third-order valence-corrected chi connectivity index (χ3v) is 4.32. The zero-order valence-electron chi connectivity index (χ0n) is 13.3. The van der Waals surface area contributed by atoms with Gasteiger partial charge in [0.05, 0.1) is 6.61 Å². The van der Waals surface area contributed by atoms with E-state index < -0.39 is 5.97 Å². The summed E-state index contributed by atoms with van der Waals surface area (Å²) in [6.45, 7) is 2.31. The Hall–Kier alpha value is -2.30. The van der Waals surface area contributed by atoms with Crippen molar-refractivity contribution in [3.05, 3.63) is 35.6 Å². The fourth-order valence-corrected chi connectivity index (χ4v) is 3.14. The molecule has 1 aliphatic rings. The predicted molar refractivity (Wildman–Crippen MR) is 86.0 cm³/mol. The number of amides is 1. The molecule has 1 aromatic heterocycles. The van der Waals surface area contributed by atoms with E-state index in [0.717, 1.165) is 31.1 Å². The van der Waals surface area contributed by atoms with Crippen LogP contribution in [-0.4, -0.2) is 18.5 Å². The average molecular weight is 315 g/mol. The van der Waals surface area contributed by atoms with E-state index in [4.69, 9.17) is 9.15 Å². The molecule has 0 aliphatic heterocycles. The molecule has 1 amide bonds. The van der Waals surface area contributed by atoms with Crippen LogP contribution >= 0.6 is 0 Å². The van der Waals surface area contributed by atoms with Crippen molar-refractivity contribution >= 4 is 22.8 Å². The zero-order valence-corrected chi connectivity index (χ0v) is 13.3. The van der Waals surface area contributed by atoms with Gasteiger partial charge in [-0.25, -0.2) is 4.79 Å². The molecule has 3 rings (SSSR count). The van der Waals surface area contributed by atoms with Gasteiger partial charge in [-0.05, 0) is 25.8 Å². The third-order valence-electron chi connectivity index (χ3n) is 4.32. The summed E-state index contributed by atoms with van der Waals surface area (Å²) in [5, 5.41) is 3.79. The molecule has 122 valence electrons.